The van der Waals surface area contributed by atoms with Crippen molar-refractivity contribution < 1.29 is 14.3 Å². The summed E-state index contributed by atoms with van der Waals surface area (Å²) in [6.07, 6.45) is 1.74. The first kappa shape index (κ1) is 12.6. The molecule has 0 radical (unpaired) electrons. The van der Waals surface area contributed by atoms with Crippen molar-refractivity contribution in [3.05, 3.63) is 22.8 Å². The number of rotatable bonds is 4. The molecule has 1 N–H and O–H groups in total. The molecule has 1 amide bonds. The number of ether oxygens (including phenoxy) is 1. The number of hydrogen-bond acceptors (Lipinski definition) is 4. The van der Waals surface area contributed by atoms with Crippen molar-refractivity contribution in [1.29, 1.82) is 0 Å². The van der Waals surface area contributed by atoms with Crippen LogP contribution in [0.15, 0.2) is 22.8 Å². The average Bonchev–Trinajstić information content (AvgIpc) is 2.29. The van der Waals surface area contributed by atoms with Crippen molar-refractivity contribution in [2.45, 2.75) is 12.8 Å². The van der Waals surface area contributed by atoms with Gasteiger partial charge in [0.25, 0.3) is 0 Å². The van der Waals surface area contributed by atoms with Crippen LogP contribution in [0, 0.1) is 0 Å². The van der Waals surface area contributed by atoms with E-state index < -0.39 is 5.97 Å². The van der Waals surface area contributed by atoms with Crippen LogP contribution >= 0.6 is 15.9 Å². The molecule has 0 aliphatic carbocycles. The van der Waals surface area contributed by atoms with Crippen LogP contribution in [0.2, 0.25) is 0 Å². The van der Waals surface area contributed by atoms with Crippen molar-refractivity contribution in [3.8, 4) is 0 Å². The van der Waals surface area contributed by atoms with Gasteiger partial charge >= 0.3 is 5.97 Å². The van der Waals surface area contributed by atoms with Crippen LogP contribution in [-0.4, -0.2) is 24.0 Å². The number of carbonyl (C=O) groups is 2. The standard InChI is InChI=1S/C10H11BrN2O3/c1-16-10(15)5-4-9(14)13-8-3-2-7(11)6-12-8/h2-3,6H,4-5H2,1H3,(H,12,13,14). The van der Waals surface area contributed by atoms with Gasteiger partial charge in [0.15, 0.2) is 0 Å². The van der Waals surface area contributed by atoms with Gasteiger partial charge in [0.1, 0.15) is 5.82 Å². The predicted octanol–water partition coefficient (Wildman–Crippen LogP) is 1.74. The summed E-state index contributed by atoms with van der Waals surface area (Å²) in [7, 11) is 1.29. The molecule has 0 fully saturated rings. The van der Waals surface area contributed by atoms with E-state index in [0.29, 0.717) is 5.82 Å². The normalized spacial score (nSPS) is 9.62. The van der Waals surface area contributed by atoms with E-state index in [1.54, 1.807) is 18.3 Å². The summed E-state index contributed by atoms with van der Waals surface area (Å²) in [6, 6.07) is 3.43. The summed E-state index contributed by atoms with van der Waals surface area (Å²) in [5, 5.41) is 2.57. The van der Waals surface area contributed by atoms with Crippen LogP contribution in [0.5, 0.6) is 0 Å². The number of anilines is 1. The first-order valence-corrected chi connectivity index (χ1v) is 5.39. The Labute approximate surface area is 101 Å². The molecule has 5 nitrogen and oxygen atoms in total. The topological polar surface area (TPSA) is 68.3 Å². The van der Waals surface area contributed by atoms with E-state index in [9.17, 15) is 9.59 Å². The third-order valence-electron chi connectivity index (χ3n) is 1.78. The lowest BCUT2D eigenvalue weighted by Crippen LogP contribution is -2.14. The smallest absolute Gasteiger partial charge is 0.306 e. The molecule has 0 saturated carbocycles. The van der Waals surface area contributed by atoms with Crippen molar-refractivity contribution in [2.24, 2.45) is 0 Å². The summed E-state index contributed by atoms with van der Waals surface area (Å²) >= 11 is 3.23. The molecule has 0 saturated heterocycles. The molecule has 16 heavy (non-hydrogen) atoms. The fraction of sp³-hybridized carbons (Fsp3) is 0.300. The molecule has 1 rings (SSSR count). The fourth-order valence-electron chi connectivity index (χ4n) is 0.973. The van der Waals surface area contributed by atoms with Crippen LogP contribution in [0.1, 0.15) is 12.8 Å². The van der Waals surface area contributed by atoms with Gasteiger partial charge in [0, 0.05) is 17.1 Å². The van der Waals surface area contributed by atoms with Crippen molar-refractivity contribution in [2.75, 3.05) is 12.4 Å². The SMILES string of the molecule is COC(=O)CCC(=O)Nc1ccc(Br)cn1. The highest BCUT2D eigenvalue weighted by molar-refractivity contribution is 9.10. The summed E-state index contributed by atoms with van der Waals surface area (Å²) < 4.78 is 5.26. The molecule has 0 atom stereocenters. The quantitative estimate of drug-likeness (QED) is 0.856. The van der Waals surface area contributed by atoms with Gasteiger partial charge in [-0.3, -0.25) is 9.59 Å². The number of halogens is 1. The van der Waals surface area contributed by atoms with E-state index in [4.69, 9.17) is 0 Å². The Morgan fingerprint density at radius 2 is 2.19 bits per heavy atom. The van der Waals surface area contributed by atoms with E-state index in [1.165, 1.54) is 7.11 Å². The minimum absolute atomic E-state index is 0.0683. The highest BCUT2D eigenvalue weighted by atomic mass is 79.9. The minimum Gasteiger partial charge on any atom is -0.469 e. The molecule has 0 bridgehead atoms. The van der Waals surface area contributed by atoms with Crippen molar-refractivity contribution >= 4 is 33.6 Å². The molecule has 1 aromatic rings. The maximum atomic E-state index is 11.3. The number of methoxy groups -OCH3 is 1. The number of nitrogens with one attached hydrogen (secondary N) is 1. The molecule has 0 unspecified atom stereocenters. The fourth-order valence-corrected chi connectivity index (χ4v) is 1.21. The lowest BCUT2D eigenvalue weighted by molar-refractivity contribution is -0.141. The van der Waals surface area contributed by atoms with Gasteiger partial charge in [0.05, 0.1) is 13.5 Å². The Hall–Kier alpha value is -1.43. The maximum absolute atomic E-state index is 11.3. The molecule has 0 spiro atoms. The Kier molecular flexibility index (Phi) is 4.91. The summed E-state index contributed by atoms with van der Waals surface area (Å²) in [5.41, 5.74) is 0. The molecule has 0 aliphatic rings. The second kappa shape index (κ2) is 6.22. The Morgan fingerprint density at radius 3 is 2.75 bits per heavy atom. The van der Waals surface area contributed by atoms with Gasteiger partial charge < -0.3 is 10.1 Å². The zero-order valence-corrected chi connectivity index (χ0v) is 10.3. The molecular formula is C10H11BrN2O3. The van der Waals surface area contributed by atoms with Crippen molar-refractivity contribution in [1.82, 2.24) is 4.98 Å². The van der Waals surface area contributed by atoms with Crippen molar-refractivity contribution in [3.63, 3.8) is 0 Å². The van der Waals surface area contributed by atoms with E-state index in [1.807, 2.05) is 0 Å². The highest BCUT2D eigenvalue weighted by Crippen LogP contribution is 2.10. The summed E-state index contributed by atoms with van der Waals surface area (Å²) in [4.78, 5) is 26.1. The molecule has 0 aliphatic heterocycles. The summed E-state index contributed by atoms with van der Waals surface area (Å²) in [6.45, 7) is 0. The number of pyridine rings is 1. The molecule has 86 valence electrons. The number of nitrogens with zero attached hydrogens (tertiary/aromatic N) is 1. The Morgan fingerprint density at radius 1 is 1.44 bits per heavy atom. The van der Waals surface area contributed by atoms with Gasteiger partial charge in [-0.15, -0.1) is 0 Å². The van der Waals surface area contributed by atoms with Gasteiger partial charge in [-0.2, -0.15) is 0 Å². The Balaban J connectivity index is 2.40. The van der Waals surface area contributed by atoms with Crippen LogP contribution in [0.4, 0.5) is 5.82 Å². The zero-order valence-electron chi connectivity index (χ0n) is 8.70. The lowest BCUT2D eigenvalue weighted by atomic mass is 10.3. The van der Waals surface area contributed by atoms with Crippen LogP contribution in [-0.2, 0) is 14.3 Å². The summed E-state index contributed by atoms with van der Waals surface area (Å²) in [5.74, 6) is -0.211. The second-order valence-electron chi connectivity index (χ2n) is 2.99. The first-order valence-electron chi connectivity index (χ1n) is 4.60. The molecule has 6 heteroatoms. The van der Waals surface area contributed by atoms with Gasteiger partial charge in [-0.05, 0) is 28.1 Å². The molecule has 0 aromatic carbocycles. The number of carbonyl (C=O) groups excluding carboxylic acids is 2. The first-order chi connectivity index (χ1) is 7.61. The van der Waals surface area contributed by atoms with E-state index in [0.717, 1.165) is 4.47 Å². The molecule has 1 aromatic heterocycles. The van der Waals surface area contributed by atoms with E-state index in [2.05, 4.69) is 31.0 Å². The van der Waals surface area contributed by atoms with E-state index in [-0.39, 0.29) is 18.7 Å². The molecule has 1 heterocycles. The highest BCUT2D eigenvalue weighted by Gasteiger charge is 2.07. The van der Waals surface area contributed by atoms with Gasteiger partial charge in [-0.1, -0.05) is 0 Å². The zero-order chi connectivity index (χ0) is 12.0. The minimum atomic E-state index is -0.404. The number of aromatic nitrogens is 1. The molecular weight excluding hydrogens is 276 g/mol. The third kappa shape index (κ3) is 4.39. The monoisotopic (exact) mass is 286 g/mol. The number of amides is 1. The lowest BCUT2D eigenvalue weighted by Gasteiger charge is -2.03. The largest absolute Gasteiger partial charge is 0.469 e. The Bertz CT molecular complexity index is 378. The van der Waals surface area contributed by atoms with Gasteiger partial charge in [0.2, 0.25) is 5.91 Å². The third-order valence-corrected chi connectivity index (χ3v) is 2.25. The number of esters is 1. The van der Waals surface area contributed by atoms with Gasteiger partial charge in [-0.25, -0.2) is 4.98 Å². The van der Waals surface area contributed by atoms with E-state index >= 15 is 0 Å². The van der Waals surface area contributed by atoms with Crippen LogP contribution in [0.25, 0.3) is 0 Å². The average molecular weight is 287 g/mol. The second-order valence-corrected chi connectivity index (χ2v) is 3.90. The number of hydrogen-bond donors (Lipinski definition) is 1. The maximum Gasteiger partial charge on any atom is 0.306 e. The van der Waals surface area contributed by atoms with Crippen LogP contribution < -0.4 is 5.32 Å². The van der Waals surface area contributed by atoms with Crippen LogP contribution in [0.3, 0.4) is 0 Å². The predicted molar refractivity (Wildman–Crippen MR) is 61.8 cm³/mol.